The zero-order valence-electron chi connectivity index (χ0n) is 11.1. The quantitative estimate of drug-likeness (QED) is 0.736. The van der Waals surface area contributed by atoms with E-state index < -0.39 is 11.4 Å². The Morgan fingerprint density at radius 3 is 2.21 bits per heavy atom. The molecule has 3 aliphatic rings. The first-order valence-electron chi connectivity index (χ1n) is 7.34. The highest BCUT2D eigenvalue weighted by Gasteiger charge is 2.55. The number of urea groups is 1. The molecule has 0 bridgehead atoms. The van der Waals surface area contributed by atoms with Gasteiger partial charge in [0.05, 0.1) is 0 Å². The predicted octanol–water partition coefficient (Wildman–Crippen LogP) is 1.96. The summed E-state index contributed by atoms with van der Waals surface area (Å²) in [5.74, 6) is -0.593. The predicted molar refractivity (Wildman–Crippen MR) is 68.2 cm³/mol. The fraction of sp³-hybridized carbons (Fsp3) is 0.786. The second-order valence-corrected chi connectivity index (χ2v) is 6.02. The molecular weight excluding hydrogens is 244 g/mol. The van der Waals surface area contributed by atoms with Crippen molar-refractivity contribution in [3.8, 4) is 0 Å². The summed E-state index contributed by atoms with van der Waals surface area (Å²) in [6, 6.07) is -0.502. The van der Waals surface area contributed by atoms with Crippen molar-refractivity contribution in [1.29, 1.82) is 0 Å². The van der Waals surface area contributed by atoms with Crippen LogP contribution in [-0.4, -0.2) is 28.8 Å². The van der Waals surface area contributed by atoms with Gasteiger partial charge in [0.1, 0.15) is 5.41 Å². The number of nitrogens with zero attached hydrogens (tertiary/aromatic N) is 1. The standard InChI is InChI=1S/C14H20N2O3/c17-11-14(8-4-1-5-9-14)12(18)16(13(19)15-11)10-6-2-3-7-10/h10H,1-9H2,(H,15,17,19). The van der Waals surface area contributed by atoms with E-state index in [-0.39, 0.29) is 17.9 Å². The topological polar surface area (TPSA) is 66.5 Å². The Morgan fingerprint density at radius 2 is 1.58 bits per heavy atom. The van der Waals surface area contributed by atoms with Crippen LogP contribution in [0.25, 0.3) is 0 Å². The van der Waals surface area contributed by atoms with E-state index in [0.717, 1.165) is 44.9 Å². The molecule has 0 radical (unpaired) electrons. The fourth-order valence-corrected chi connectivity index (χ4v) is 3.79. The molecule has 5 heteroatoms. The van der Waals surface area contributed by atoms with Crippen LogP contribution in [0, 0.1) is 5.41 Å². The number of carbonyl (C=O) groups is 3. The lowest BCUT2D eigenvalue weighted by molar-refractivity contribution is -0.155. The van der Waals surface area contributed by atoms with E-state index in [2.05, 4.69) is 5.32 Å². The van der Waals surface area contributed by atoms with Crippen molar-refractivity contribution in [2.24, 2.45) is 5.41 Å². The maximum Gasteiger partial charge on any atom is 0.331 e. The highest BCUT2D eigenvalue weighted by Crippen LogP contribution is 2.41. The van der Waals surface area contributed by atoms with Crippen LogP contribution in [0.4, 0.5) is 4.79 Å². The number of amides is 4. The molecule has 1 N–H and O–H groups in total. The van der Waals surface area contributed by atoms with Gasteiger partial charge in [0, 0.05) is 6.04 Å². The van der Waals surface area contributed by atoms with Gasteiger partial charge in [0.25, 0.3) is 0 Å². The molecule has 0 atom stereocenters. The second kappa shape index (κ2) is 4.62. The summed E-state index contributed by atoms with van der Waals surface area (Å²) < 4.78 is 0. The molecule has 104 valence electrons. The van der Waals surface area contributed by atoms with Gasteiger partial charge in [-0.2, -0.15) is 0 Å². The minimum absolute atomic E-state index is 0.000554. The Labute approximate surface area is 112 Å². The van der Waals surface area contributed by atoms with E-state index in [1.165, 1.54) is 4.90 Å². The molecule has 5 nitrogen and oxygen atoms in total. The molecule has 3 fully saturated rings. The summed E-state index contributed by atoms with van der Waals surface area (Å²) in [6.45, 7) is 0. The zero-order chi connectivity index (χ0) is 13.5. The van der Waals surface area contributed by atoms with Gasteiger partial charge in [-0.15, -0.1) is 0 Å². The van der Waals surface area contributed by atoms with Crippen LogP contribution >= 0.6 is 0 Å². The number of nitrogens with one attached hydrogen (secondary N) is 1. The zero-order valence-corrected chi connectivity index (χ0v) is 11.1. The Kier molecular flexibility index (Phi) is 3.07. The van der Waals surface area contributed by atoms with Crippen molar-refractivity contribution < 1.29 is 14.4 Å². The van der Waals surface area contributed by atoms with Gasteiger partial charge in [0.2, 0.25) is 11.8 Å². The molecule has 1 saturated heterocycles. The van der Waals surface area contributed by atoms with E-state index in [0.29, 0.717) is 12.8 Å². The molecule has 4 amide bonds. The molecule has 0 aromatic heterocycles. The Morgan fingerprint density at radius 1 is 0.947 bits per heavy atom. The van der Waals surface area contributed by atoms with Crippen LogP contribution in [0.5, 0.6) is 0 Å². The minimum atomic E-state index is -0.950. The maximum atomic E-state index is 12.8. The normalized spacial score (nSPS) is 28.0. The van der Waals surface area contributed by atoms with Crippen molar-refractivity contribution in [3.05, 3.63) is 0 Å². The molecule has 2 aliphatic carbocycles. The van der Waals surface area contributed by atoms with Gasteiger partial charge in [0.15, 0.2) is 0 Å². The molecule has 3 rings (SSSR count). The summed E-state index contributed by atoms with van der Waals surface area (Å²) in [6.07, 6.45) is 7.91. The summed E-state index contributed by atoms with van der Waals surface area (Å²) in [5, 5.41) is 2.42. The third-order valence-corrected chi connectivity index (χ3v) is 4.90. The Hall–Kier alpha value is -1.39. The second-order valence-electron chi connectivity index (χ2n) is 6.02. The first kappa shape index (κ1) is 12.6. The largest absolute Gasteiger partial charge is 0.331 e. The van der Waals surface area contributed by atoms with Gasteiger partial charge >= 0.3 is 6.03 Å². The van der Waals surface area contributed by atoms with Crippen LogP contribution in [-0.2, 0) is 9.59 Å². The van der Waals surface area contributed by atoms with Crippen molar-refractivity contribution in [2.45, 2.75) is 63.8 Å². The highest BCUT2D eigenvalue weighted by atomic mass is 16.2. The third-order valence-electron chi connectivity index (χ3n) is 4.90. The lowest BCUT2D eigenvalue weighted by atomic mass is 9.71. The molecule has 1 spiro atoms. The van der Waals surface area contributed by atoms with Crippen LogP contribution in [0.3, 0.4) is 0 Å². The average molecular weight is 264 g/mol. The Balaban J connectivity index is 1.90. The van der Waals surface area contributed by atoms with Crippen molar-refractivity contribution >= 4 is 17.8 Å². The number of hydrogen-bond acceptors (Lipinski definition) is 3. The van der Waals surface area contributed by atoms with Crippen molar-refractivity contribution in [3.63, 3.8) is 0 Å². The first-order chi connectivity index (χ1) is 9.15. The molecular formula is C14H20N2O3. The summed E-state index contributed by atoms with van der Waals surface area (Å²) in [7, 11) is 0. The molecule has 2 saturated carbocycles. The molecule has 0 aromatic rings. The van der Waals surface area contributed by atoms with Crippen LogP contribution in [0.15, 0.2) is 0 Å². The lowest BCUT2D eigenvalue weighted by Crippen LogP contribution is -2.66. The van der Waals surface area contributed by atoms with Crippen molar-refractivity contribution in [2.75, 3.05) is 0 Å². The van der Waals surface area contributed by atoms with E-state index in [4.69, 9.17) is 0 Å². The van der Waals surface area contributed by atoms with Crippen molar-refractivity contribution in [1.82, 2.24) is 10.2 Å². The van der Waals surface area contributed by atoms with Crippen LogP contribution in [0.1, 0.15) is 57.8 Å². The van der Waals surface area contributed by atoms with E-state index >= 15 is 0 Å². The molecule has 0 unspecified atom stereocenters. The molecule has 19 heavy (non-hydrogen) atoms. The summed E-state index contributed by atoms with van der Waals surface area (Å²) >= 11 is 0. The average Bonchev–Trinajstić information content (AvgIpc) is 2.92. The monoisotopic (exact) mass is 264 g/mol. The van der Waals surface area contributed by atoms with Crippen LogP contribution in [0.2, 0.25) is 0 Å². The lowest BCUT2D eigenvalue weighted by Gasteiger charge is -2.43. The fourth-order valence-electron chi connectivity index (χ4n) is 3.79. The number of hydrogen-bond donors (Lipinski definition) is 1. The van der Waals surface area contributed by atoms with Crippen LogP contribution < -0.4 is 5.32 Å². The summed E-state index contributed by atoms with van der Waals surface area (Å²) in [4.78, 5) is 38.3. The Bertz CT molecular complexity index is 420. The highest BCUT2D eigenvalue weighted by molar-refractivity contribution is 6.19. The minimum Gasteiger partial charge on any atom is -0.277 e. The van der Waals surface area contributed by atoms with Gasteiger partial charge in [-0.05, 0) is 25.7 Å². The number of rotatable bonds is 1. The van der Waals surface area contributed by atoms with E-state index in [9.17, 15) is 14.4 Å². The van der Waals surface area contributed by atoms with E-state index in [1.54, 1.807) is 0 Å². The molecule has 0 aromatic carbocycles. The smallest absolute Gasteiger partial charge is 0.277 e. The first-order valence-corrected chi connectivity index (χ1v) is 7.34. The van der Waals surface area contributed by atoms with E-state index in [1.807, 2.05) is 0 Å². The molecule has 1 heterocycles. The van der Waals surface area contributed by atoms with Gasteiger partial charge in [-0.3, -0.25) is 19.8 Å². The summed E-state index contributed by atoms with van der Waals surface area (Å²) in [5.41, 5.74) is -0.950. The third kappa shape index (κ3) is 1.86. The number of barbiturate groups is 1. The number of imide groups is 2. The van der Waals surface area contributed by atoms with Gasteiger partial charge in [-0.1, -0.05) is 32.1 Å². The number of carbonyl (C=O) groups excluding carboxylic acids is 3. The van der Waals surface area contributed by atoms with Gasteiger partial charge < -0.3 is 0 Å². The molecule has 1 aliphatic heterocycles. The van der Waals surface area contributed by atoms with Gasteiger partial charge in [-0.25, -0.2) is 4.79 Å². The maximum absolute atomic E-state index is 12.8. The SMILES string of the molecule is O=C1NC(=O)C2(CCCCC2)C(=O)N1C1CCCC1.